The maximum Gasteiger partial charge on any atom is 0.351 e. The number of para-hydroxylation sites is 1. The van der Waals surface area contributed by atoms with Crippen molar-refractivity contribution in [1.29, 1.82) is 0 Å². The molecule has 1 heterocycles. The second-order valence-corrected chi connectivity index (χ2v) is 3.89. The minimum absolute atomic E-state index is 0.194. The molecule has 0 radical (unpaired) electrons. The van der Waals surface area contributed by atoms with Crippen LogP contribution in [-0.4, -0.2) is 21.6 Å². The third kappa shape index (κ3) is 1.98. The van der Waals surface area contributed by atoms with Gasteiger partial charge < -0.3 is 10.8 Å². The Bertz CT molecular complexity index is 668. The van der Waals surface area contributed by atoms with Crippen molar-refractivity contribution in [2.45, 2.75) is 6.92 Å². The van der Waals surface area contributed by atoms with E-state index in [0.717, 1.165) is 10.9 Å². The summed E-state index contributed by atoms with van der Waals surface area (Å²) in [5, 5.41) is 9.62. The van der Waals surface area contributed by atoms with Crippen molar-refractivity contribution in [1.82, 2.24) is 4.57 Å². The van der Waals surface area contributed by atoms with Gasteiger partial charge in [-0.3, -0.25) is 9.36 Å². The molecular weight excluding hydrogens is 232 g/mol. The third-order valence-electron chi connectivity index (χ3n) is 2.60. The minimum atomic E-state index is -1.21. The lowest BCUT2D eigenvalue weighted by atomic mass is 10.2. The molecule has 0 saturated carbocycles. The summed E-state index contributed by atoms with van der Waals surface area (Å²) in [4.78, 5) is 22.4. The van der Waals surface area contributed by atoms with E-state index < -0.39 is 5.97 Å². The van der Waals surface area contributed by atoms with Gasteiger partial charge in [0, 0.05) is 12.3 Å². The zero-order chi connectivity index (χ0) is 13.3. The molecule has 18 heavy (non-hydrogen) atoms. The van der Waals surface area contributed by atoms with Crippen LogP contribution in [0.25, 0.3) is 17.0 Å². The molecule has 0 aliphatic heterocycles. The number of fused-ring (bicyclic) bond motifs is 1. The maximum atomic E-state index is 11.6. The normalized spacial score (nSPS) is 11.7. The number of nitrogens with zero attached hydrogens (tertiary/aromatic N) is 1. The summed E-state index contributed by atoms with van der Waals surface area (Å²) < 4.78 is 1.44. The third-order valence-corrected chi connectivity index (χ3v) is 2.60. The van der Waals surface area contributed by atoms with Crippen LogP contribution < -0.4 is 5.73 Å². The molecule has 0 unspecified atom stereocenters. The van der Waals surface area contributed by atoms with Crippen LogP contribution in [-0.2, 0) is 4.79 Å². The largest absolute Gasteiger partial charge is 0.477 e. The SMILES string of the molecule is CC(=O)n1c(C=C(N)C(=O)O)cc2ccccc21. The van der Waals surface area contributed by atoms with Crippen LogP contribution in [0.1, 0.15) is 17.4 Å². The van der Waals surface area contributed by atoms with Crippen LogP contribution in [0.2, 0.25) is 0 Å². The van der Waals surface area contributed by atoms with E-state index in [9.17, 15) is 9.59 Å². The van der Waals surface area contributed by atoms with E-state index >= 15 is 0 Å². The summed E-state index contributed by atoms with van der Waals surface area (Å²) in [5.41, 5.74) is 6.26. The van der Waals surface area contributed by atoms with Crippen LogP contribution in [0.3, 0.4) is 0 Å². The Kier molecular flexibility index (Phi) is 2.89. The molecule has 3 N–H and O–H groups in total. The lowest BCUT2D eigenvalue weighted by Gasteiger charge is -2.03. The highest BCUT2D eigenvalue weighted by Gasteiger charge is 2.11. The van der Waals surface area contributed by atoms with Crippen molar-refractivity contribution in [2.24, 2.45) is 5.73 Å². The molecule has 0 aliphatic rings. The molecule has 5 heteroatoms. The van der Waals surface area contributed by atoms with Crippen molar-refractivity contribution < 1.29 is 14.7 Å². The highest BCUT2D eigenvalue weighted by Crippen LogP contribution is 2.21. The molecule has 0 saturated heterocycles. The van der Waals surface area contributed by atoms with Gasteiger partial charge in [-0.05, 0) is 18.2 Å². The summed E-state index contributed by atoms with van der Waals surface area (Å²) in [6.45, 7) is 1.42. The predicted molar refractivity (Wildman–Crippen MR) is 68.0 cm³/mol. The fourth-order valence-electron chi connectivity index (χ4n) is 1.85. The molecule has 5 nitrogen and oxygen atoms in total. The first kappa shape index (κ1) is 11.9. The van der Waals surface area contributed by atoms with E-state index in [1.54, 1.807) is 12.1 Å². The van der Waals surface area contributed by atoms with Gasteiger partial charge in [0.1, 0.15) is 5.70 Å². The van der Waals surface area contributed by atoms with E-state index in [-0.39, 0.29) is 11.6 Å². The van der Waals surface area contributed by atoms with Gasteiger partial charge in [-0.2, -0.15) is 0 Å². The molecule has 0 atom stereocenters. The van der Waals surface area contributed by atoms with Crippen molar-refractivity contribution in [2.75, 3.05) is 0 Å². The van der Waals surface area contributed by atoms with E-state index in [0.29, 0.717) is 5.69 Å². The fraction of sp³-hybridized carbons (Fsp3) is 0.0769. The van der Waals surface area contributed by atoms with Gasteiger partial charge in [0.25, 0.3) is 0 Å². The molecule has 0 aliphatic carbocycles. The number of hydrogen-bond acceptors (Lipinski definition) is 3. The molecule has 0 bridgehead atoms. The fourth-order valence-corrected chi connectivity index (χ4v) is 1.85. The number of rotatable bonds is 2. The van der Waals surface area contributed by atoms with Crippen LogP contribution >= 0.6 is 0 Å². The predicted octanol–water partition coefficient (Wildman–Crippen LogP) is 1.69. The van der Waals surface area contributed by atoms with Crippen LogP contribution in [0.5, 0.6) is 0 Å². The van der Waals surface area contributed by atoms with Gasteiger partial charge in [-0.25, -0.2) is 4.79 Å². The van der Waals surface area contributed by atoms with Gasteiger partial charge in [-0.15, -0.1) is 0 Å². The topological polar surface area (TPSA) is 85.3 Å². The average Bonchev–Trinajstić information content (AvgIpc) is 2.66. The molecule has 0 spiro atoms. The number of carbonyl (C=O) groups is 2. The molecule has 0 amide bonds. The van der Waals surface area contributed by atoms with E-state index in [2.05, 4.69) is 0 Å². The van der Waals surface area contributed by atoms with Crippen molar-refractivity contribution in [3.63, 3.8) is 0 Å². The second kappa shape index (κ2) is 4.37. The van der Waals surface area contributed by atoms with Crippen molar-refractivity contribution in [3.05, 3.63) is 41.7 Å². The monoisotopic (exact) mass is 244 g/mol. The summed E-state index contributed by atoms with van der Waals surface area (Å²) in [7, 11) is 0. The quantitative estimate of drug-likeness (QED) is 0.787. The first-order valence-corrected chi connectivity index (χ1v) is 5.32. The number of carboxylic acids is 1. The summed E-state index contributed by atoms with van der Waals surface area (Å²) in [6.07, 6.45) is 1.28. The number of nitrogens with two attached hydrogens (primary N) is 1. The lowest BCUT2D eigenvalue weighted by Crippen LogP contribution is -2.12. The van der Waals surface area contributed by atoms with Crippen LogP contribution in [0, 0.1) is 0 Å². The Morgan fingerprint density at radius 2 is 2.00 bits per heavy atom. The molecule has 1 aromatic heterocycles. The minimum Gasteiger partial charge on any atom is -0.477 e. The number of aromatic nitrogens is 1. The Balaban J connectivity index is 2.71. The molecule has 0 fully saturated rings. The van der Waals surface area contributed by atoms with E-state index in [1.165, 1.54) is 17.6 Å². The van der Waals surface area contributed by atoms with Crippen LogP contribution in [0.4, 0.5) is 0 Å². The second-order valence-electron chi connectivity index (χ2n) is 3.89. The summed E-state index contributed by atoms with van der Waals surface area (Å²) >= 11 is 0. The summed E-state index contributed by atoms with van der Waals surface area (Å²) in [6, 6.07) is 9.04. The Labute approximate surface area is 103 Å². The first-order valence-electron chi connectivity index (χ1n) is 5.32. The zero-order valence-corrected chi connectivity index (χ0v) is 9.75. The van der Waals surface area contributed by atoms with Gasteiger partial charge in [0.15, 0.2) is 0 Å². The molecule has 2 aromatic rings. The number of hydrogen-bond donors (Lipinski definition) is 2. The Morgan fingerprint density at radius 1 is 1.33 bits per heavy atom. The summed E-state index contributed by atoms with van der Waals surface area (Å²) in [5.74, 6) is -1.41. The molecular formula is C13H12N2O3. The van der Waals surface area contributed by atoms with Gasteiger partial charge >= 0.3 is 5.97 Å². The number of carboxylic acid groups (broad SMARTS) is 1. The number of benzene rings is 1. The van der Waals surface area contributed by atoms with E-state index in [4.69, 9.17) is 10.8 Å². The smallest absolute Gasteiger partial charge is 0.351 e. The number of carbonyl (C=O) groups excluding carboxylic acids is 1. The highest BCUT2D eigenvalue weighted by molar-refractivity contribution is 5.97. The molecule has 92 valence electrons. The van der Waals surface area contributed by atoms with Gasteiger partial charge in [0.2, 0.25) is 5.91 Å². The standard InChI is InChI=1S/C13H12N2O3/c1-8(16)15-10(7-11(14)13(17)18)6-9-4-2-3-5-12(9)15/h2-7H,14H2,1H3,(H,17,18). The Hall–Kier alpha value is -2.56. The maximum absolute atomic E-state index is 11.6. The Morgan fingerprint density at radius 3 is 2.61 bits per heavy atom. The van der Waals surface area contributed by atoms with Crippen molar-refractivity contribution >= 4 is 28.9 Å². The lowest BCUT2D eigenvalue weighted by molar-refractivity contribution is -0.132. The van der Waals surface area contributed by atoms with E-state index in [1.807, 2.05) is 18.2 Å². The average molecular weight is 244 g/mol. The number of aliphatic carboxylic acids is 1. The zero-order valence-electron chi connectivity index (χ0n) is 9.75. The van der Waals surface area contributed by atoms with Gasteiger partial charge in [0.05, 0.1) is 11.2 Å². The van der Waals surface area contributed by atoms with Gasteiger partial charge in [-0.1, -0.05) is 18.2 Å². The highest BCUT2D eigenvalue weighted by atomic mass is 16.4. The van der Waals surface area contributed by atoms with Crippen molar-refractivity contribution in [3.8, 4) is 0 Å². The molecule has 2 rings (SSSR count). The first-order chi connectivity index (χ1) is 8.50. The molecule has 1 aromatic carbocycles. The van der Waals surface area contributed by atoms with Crippen LogP contribution in [0.15, 0.2) is 36.0 Å².